The van der Waals surface area contributed by atoms with Gasteiger partial charge in [-0.2, -0.15) is 0 Å². The van der Waals surface area contributed by atoms with Crippen molar-refractivity contribution in [2.75, 3.05) is 5.73 Å². The smallest absolute Gasteiger partial charge is 0.354 e. The molecule has 0 amide bonds. The largest absolute Gasteiger partial charge is 0.477 e. The Labute approximate surface area is 108 Å². The molecule has 3 N–H and O–H groups in total. The predicted molar refractivity (Wildman–Crippen MR) is 67.1 cm³/mol. The number of carboxylic acids is 1. The zero-order valence-corrected chi connectivity index (χ0v) is 9.89. The number of nitrogens with zero attached hydrogens (tertiary/aromatic N) is 1. The molecule has 0 saturated carbocycles. The third-order valence-corrected chi connectivity index (χ3v) is 2.49. The Morgan fingerprint density at radius 3 is 2.67 bits per heavy atom. The molecule has 0 saturated heterocycles. The summed E-state index contributed by atoms with van der Waals surface area (Å²) >= 11 is 5.85. The van der Waals surface area contributed by atoms with Crippen LogP contribution in [-0.2, 0) is 0 Å². The van der Waals surface area contributed by atoms with E-state index in [2.05, 4.69) is 4.98 Å². The van der Waals surface area contributed by atoms with Gasteiger partial charge in [-0.25, -0.2) is 9.78 Å². The fourth-order valence-corrected chi connectivity index (χ4v) is 1.47. The lowest BCUT2D eigenvalue weighted by atomic mass is 10.3. The minimum atomic E-state index is -1.12. The van der Waals surface area contributed by atoms with Crippen molar-refractivity contribution in [1.29, 1.82) is 0 Å². The van der Waals surface area contributed by atoms with E-state index < -0.39 is 5.97 Å². The number of pyridine rings is 1. The molecule has 0 radical (unpaired) electrons. The first-order valence-corrected chi connectivity index (χ1v) is 5.36. The number of ether oxygens (including phenoxy) is 1. The van der Waals surface area contributed by atoms with Crippen molar-refractivity contribution in [2.24, 2.45) is 0 Å². The Bertz CT molecular complexity index is 602. The number of anilines is 1. The van der Waals surface area contributed by atoms with Gasteiger partial charge < -0.3 is 15.6 Å². The molecule has 1 aromatic heterocycles. The van der Waals surface area contributed by atoms with Crippen molar-refractivity contribution in [3.05, 3.63) is 47.2 Å². The molecule has 0 unspecified atom stereocenters. The number of aromatic carboxylic acids is 1. The Balaban J connectivity index is 2.25. The molecule has 0 bridgehead atoms. The first kappa shape index (κ1) is 12.2. The van der Waals surface area contributed by atoms with Crippen LogP contribution in [0.15, 0.2) is 36.5 Å². The van der Waals surface area contributed by atoms with Gasteiger partial charge in [0.25, 0.3) is 0 Å². The summed E-state index contributed by atoms with van der Waals surface area (Å²) in [4.78, 5) is 14.4. The van der Waals surface area contributed by atoms with E-state index in [1.54, 1.807) is 24.3 Å². The van der Waals surface area contributed by atoms with Crippen molar-refractivity contribution in [1.82, 2.24) is 4.98 Å². The van der Waals surface area contributed by atoms with Gasteiger partial charge in [-0.15, -0.1) is 0 Å². The number of hydrogen-bond donors (Lipinski definition) is 2. The predicted octanol–water partition coefficient (Wildman–Crippen LogP) is 2.81. The molecule has 0 aliphatic rings. The van der Waals surface area contributed by atoms with E-state index in [4.69, 9.17) is 27.2 Å². The average Bonchev–Trinajstić information content (AvgIpc) is 2.34. The highest BCUT2D eigenvalue weighted by atomic mass is 35.5. The summed E-state index contributed by atoms with van der Waals surface area (Å²) in [5.41, 5.74) is 5.93. The highest BCUT2D eigenvalue weighted by Crippen LogP contribution is 2.27. The van der Waals surface area contributed by atoms with Gasteiger partial charge in [0, 0.05) is 18.3 Å². The van der Waals surface area contributed by atoms with Crippen LogP contribution in [-0.4, -0.2) is 16.1 Å². The van der Waals surface area contributed by atoms with Crippen molar-refractivity contribution in [3.8, 4) is 11.5 Å². The second-order valence-corrected chi connectivity index (χ2v) is 3.87. The van der Waals surface area contributed by atoms with E-state index in [1.165, 1.54) is 12.3 Å². The molecule has 18 heavy (non-hydrogen) atoms. The normalized spacial score (nSPS) is 10.1. The minimum Gasteiger partial charge on any atom is -0.477 e. The first-order chi connectivity index (χ1) is 8.56. The van der Waals surface area contributed by atoms with E-state index >= 15 is 0 Å². The highest BCUT2D eigenvalue weighted by Gasteiger charge is 2.07. The summed E-state index contributed by atoms with van der Waals surface area (Å²) in [6.45, 7) is 0. The van der Waals surface area contributed by atoms with Crippen molar-refractivity contribution in [3.63, 3.8) is 0 Å². The molecule has 0 aliphatic carbocycles. The lowest BCUT2D eigenvalue weighted by molar-refractivity contribution is 0.0690. The number of carbonyl (C=O) groups is 1. The lowest BCUT2D eigenvalue weighted by Crippen LogP contribution is -1.99. The summed E-state index contributed by atoms with van der Waals surface area (Å²) in [5, 5.41) is 9.18. The number of halogens is 1. The Morgan fingerprint density at radius 2 is 2.00 bits per heavy atom. The van der Waals surface area contributed by atoms with Crippen LogP contribution in [0.4, 0.5) is 5.69 Å². The molecule has 6 heteroatoms. The summed E-state index contributed by atoms with van der Waals surface area (Å²) in [6.07, 6.45) is 1.36. The van der Waals surface area contributed by atoms with E-state index in [0.717, 1.165) is 0 Å². The molecule has 0 atom stereocenters. The first-order valence-electron chi connectivity index (χ1n) is 4.98. The Hall–Kier alpha value is -2.27. The molecule has 0 spiro atoms. The number of carboxylic acid groups (broad SMARTS) is 1. The number of nitrogens with two attached hydrogens (primary N) is 1. The average molecular weight is 265 g/mol. The number of aromatic nitrogens is 1. The van der Waals surface area contributed by atoms with E-state index in [0.29, 0.717) is 22.2 Å². The second-order valence-electron chi connectivity index (χ2n) is 3.47. The quantitative estimate of drug-likeness (QED) is 0.833. The van der Waals surface area contributed by atoms with Gasteiger partial charge in [0.1, 0.15) is 11.5 Å². The molecule has 0 fully saturated rings. The van der Waals surface area contributed by atoms with E-state index in [-0.39, 0.29) is 5.69 Å². The molecular formula is C12H9ClN2O3. The molecule has 92 valence electrons. The summed E-state index contributed by atoms with van der Waals surface area (Å²) in [5.74, 6) is -0.282. The molecule has 1 aromatic carbocycles. The molecule has 0 aliphatic heterocycles. The highest BCUT2D eigenvalue weighted by molar-refractivity contribution is 6.33. The van der Waals surface area contributed by atoms with Gasteiger partial charge in [0.15, 0.2) is 5.69 Å². The fourth-order valence-electron chi connectivity index (χ4n) is 1.30. The van der Waals surface area contributed by atoms with E-state index in [9.17, 15) is 4.79 Å². The topological polar surface area (TPSA) is 85.4 Å². The summed E-state index contributed by atoms with van der Waals surface area (Å²) in [7, 11) is 0. The molecular weight excluding hydrogens is 256 g/mol. The second kappa shape index (κ2) is 4.93. The maximum atomic E-state index is 10.7. The number of hydrogen-bond acceptors (Lipinski definition) is 4. The molecule has 1 heterocycles. The van der Waals surface area contributed by atoms with Crippen LogP contribution in [0.3, 0.4) is 0 Å². The van der Waals surface area contributed by atoms with Gasteiger partial charge >= 0.3 is 5.97 Å². The van der Waals surface area contributed by atoms with Crippen molar-refractivity contribution >= 4 is 23.3 Å². The SMILES string of the molecule is Nc1ccc(Oc2ccnc(C(=O)O)c2)cc1Cl. The maximum absolute atomic E-state index is 10.7. The number of benzene rings is 1. The van der Waals surface area contributed by atoms with Gasteiger partial charge in [-0.3, -0.25) is 0 Å². The maximum Gasteiger partial charge on any atom is 0.354 e. The third-order valence-electron chi connectivity index (χ3n) is 2.16. The molecule has 2 rings (SSSR count). The van der Waals surface area contributed by atoms with Crippen LogP contribution >= 0.6 is 11.6 Å². The number of rotatable bonds is 3. The monoisotopic (exact) mass is 264 g/mol. The third kappa shape index (κ3) is 2.70. The van der Waals surface area contributed by atoms with Crippen molar-refractivity contribution < 1.29 is 14.6 Å². The van der Waals surface area contributed by atoms with Gasteiger partial charge in [-0.05, 0) is 18.2 Å². The summed E-state index contributed by atoms with van der Waals surface area (Å²) in [6, 6.07) is 7.68. The van der Waals surface area contributed by atoms with Crippen LogP contribution in [0, 0.1) is 0 Å². The zero-order chi connectivity index (χ0) is 13.1. The number of nitrogen functional groups attached to an aromatic ring is 1. The molecule has 2 aromatic rings. The minimum absolute atomic E-state index is 0.0889. The van der Waals surface area contributed by atoms with Gasteiger partial charge in [-0.1, -0.05) is 11.6 Å². The van der Waals surface area contributed by atoms with Crippen LogP contribution < -0.4 is 10.5 Å². The van der Waals surface area contributed by atoms with E-state index in [1.807, 2.05) is 0 Å². The Kier molecular flexibility index (Phi) is 3.34. The van der Waals surface area contributed by atoms with Crippen molar-refractivity contribution in [2.45, 2.75) is 0 Å². The van der Waals surface area contributed by atoms with Gasteiger partial charge in [0.2, 0.25) is 0 Å². The molecule has 5 nitrogen and oxygen atoms in total. The van der Waals surface area contributed by atoms with Crippen LogP contribution in [0.5, 0.6) is 11.5 Å². The summed E-state index contributed by atoms with van der Waals surface area (Å²) < 4.78 is 5.46. The Morgan fingerprint density at radius 1 is 1.28 bits per heavy atom. The zero-order valence-electron chi connectivity index (χ0n) is 9.13. The van der Waals surface area contributed by atoms with Crippen LogP contribution in [0.2, 0.25) is 5.02 Å². The van der Waals surface area contributed by atoms with Gasteiger partial charge in [0.05, 0.1) is 10.7 Å². The van der Waals surface area contributed by atoms with Crippen LogP contribution in [0.25, 0.3) is 0 Å². The lowest BCUT2D eigenvalue weighted by Gasteiger charge is -2.07. The van der Waals surface area contributed by atoms with Crippen LogP contribution in [0.1, 0.15) is 10.5 Å². The fraction of sp³-hybridized carbons (Fsp3) is 0. The standard InChI is InChI=1S/C12H9ClN2O3/c13-9-5-7(1-2-10(9)14)18-8-3-4-15-11(6-8)12(16)17/h1-6H,14H2,(H,16,17).